The second-order valence-corrected chi connectivity index (χ2v) is 9.83. The first-order valence-corrected chi connectivity index (χ1v) is 13.0. The van der Waals surface area contributed by atoms with Crippen LogP contribution in [0.15, 0.2) is 11.6 Å². The van der Waals surface area contributed by atoms with E-state index < -0.39 is 5.92 Å². The van der Waals surface area contributed by atoms with Crippen LogP contribution in [0.2, 0.25) is 0 Å². The first-order valence-electron chi connectivity index (χ1n) is 13.0. The van der Waals surface area contributed by atoms with E-state index in [1.165, 1.54) is 0 Å². The van der Waals surface area contributed by atoms with E-state index in [1.54, 1.807) is 6.07 Å². The van der Waals surface area contributed by atoms with Crippen molar-refractivity contribution >= 4 is 17.3 Å². The van der Waals surface area contributed by atoms with Crippen LogP contribution >= 0.6 is 0 Å². The lowest BCUT2D eigenvalue weighted by atomic mass is 9.81. The van der Waals surface area contributed by atoms with E-state index in [4.69, 9.17) is 19.9 Å². The lowest BCUT2D eigenvalue weighted by Gasteiger charge is -2.22. The third-order valence-electron chi connectivity index (χ3n) is 7.18. The predicted molar refractivity (Wildman–Crippen MR) is 131 cm³/mol. The van der Waals surface area contributed by atoms with Gasteiger partial charge in [-0.2, -0.15) is 9.97 Å². The largest absolute Gasteiger partial charge is 0.476 e. The maximum Gasteiger partial charge on any atom is 0.221 e. The van der Waals surface area contributed by atoms with Crippen LogP contribution in [0, 0.1) is 5.92 Å². The van der Waals surface area contributed by atoms with Crippen molar-refractivity contribution in [2.75, 3.05) is 33.4 Å². The molecule has 0 bridgehead atoms. The Kier molecular flexibility index (Phi) is 8.73. The summed E-state index contributed by atoms with van der Waals surface area (Å²) in [7, 11) is 2.09. The summed E-state index contributed by atoms with van der Waals surface area (Å²) < 4.78 is 17.5. The number of allylic oxidation sites excluding steroid dienone is 1. The minimum absolute atomic E-state index is 0.00611. The van der Waals surface area contributed by atoms with Gasteiger partial charge in [-0.3, -0.25) is 9.59 Å². The van der Waals surface area contributed by atoms with E-state index in [9.17, 15) is 9.59 Å². The van der Waals surface area contributed by atoms with Gasteiger partial charge in [-0.1, -0.05) is 19.8 Å². The summed E-state index contributed by atoms with van der Waals surface area (Å²) in [6.07, 6.45) is 6.81. The van der Waals surface area contributed by atoms with E-state index in [2.05, 4.69) is 21.9 Å². The molecular formula is C26H38N4O5. The number of ether oxygens (including phenoxy) is 3. The number of carbonyl (C=O) groups is 2. The molecule has 3 heterocycles. The number of hydrogen-bond acceptors (Lipinski definition) is 9. The molecule has 192 valence electrons. The molecule has 0 radical (unpaired) electrons. The SMILES string of the molecule is CCC/C(C(=O)[C@H]1CCCCC1=O)=C(/N)c1nc(OC[C@@H]2CCCN2C)cc(OC2CCOC2)n1. The average molecular weight is 487 g/mol. The van der Waals surface area contributed by atoms with E-state index in [-0.39, 0.29) is 29.2 Å². The molecule has 35 heavy (non-hydrogen) atoms. The molecule has 3 atom stereocenters. The zero-order chi connectivity index (χ0) is 24.8. The van der Waals surface area contributed by atoms with Gasteiger partial charge >= 0.3 is 0 Å². The van der Waals surface area contributed by atoms with Crippen LogP contribution in [0.4, 0.5) is 0 Å². The van der Waals surface area contributed by atoms with Crippen LogP contribution in [0.3, 0.4) is 0 Å². The van der Waals surface area contributed by atoms with Gasteiger partial charge in [-0.05, 0) is 45.7 Å². The Hall–Kier alpha value is -2.52. The van der Waals surface area contributed by atoms with E-state index in [0.717, 1.165) is 45.1 Å². The third kappa shape index (κ3) is 6.38. The smallest absolute Gasteiger partial charge is 0.221 e. The molecule has 1 aromatic heterocycles. The van der Waals surface area contributed by atoms with Crippen molar-refractivity contribution in [3.05, 3.63) is 17.5 Å². The molecule has 9 heteroatoms. The molecule has 0 amide bonds. The zero-order valence-electron chi connectivity index (χ0n) is 21.0. The number of likely N-dealkylation sites (tertiary alicyclic amines) is 1. The molecule has 1 aromatic rings. The van der Waals surface area contributed by atoms with Gasteiger partial charge < -0.3 is 24.8 Å². The lowest BCUT2D eigenvalue weighted by molar-refractivity contribution is -0.132. The van der Waals surface area contributed by atoms with Crippen molar-refractivity contribution < 1.29 is 23.8 Å². The van der Waals surface area contributed by atoms with Crippen molar-refractivity contribution in [2.45, 2.75) is 76.9 Å². The Bertz CT molecular complexity index is 944. The van der Waals surface area contributed by atoms with E-state index in [0.29, 0.717) is 62.5 Å². The molecule has 0 aromatic carbocycles. The summed E-state index contributed by atoms with van der Waals surface area (Å²) in [5.74, 6) is 0.114. The van der Waals surface area contributed by atoms with Crippen molar-refractivity contribution in [1.29, 1.82) is 0 Å². The van der Waals surface area contributed by atoms with Crippen LogP contribution in [0.5, 0.6) is 11.8 Å². The minimum Gasteiger partial charge on any atom is -0.476 e. The van der Waals surface area contributed by atoms with Crippen LogP contribution in [0.1, 0.15) is 70.5 Å². The molecule has 3 aliphatic rings. The Morgan fingerprint density at radius 1 is 1.20 bits per heavy atom. The second kappa shape index (κ2) is 11.9. The highest BCUT2D eigenvalue weighted by molar-refractivity contribution is 6.13. The standard InChI is InChI=1S/C26H38N4O5/c1-3-7-20(25(32)19-9-4-5-10-21(19)31)24(27)26-28-22(34-15-17-8-6-12-30(17)2)14-23(29-26)35-18-11-13-33-16-18/h14,17-19H,3-13,15-16,27H2,1-2H3/b24-20-/t17-,18?,19-/m0/s1. The summed E-state index contributed by atoms with van der Waals surface area (Å²) in [6.45, 7) is 4.68. The highest BCUT2D eigenvalue weighted by atomic mass is 16.6. The molecule has 1 saturated carbocycles. The van der Waals surface area contributed by atoms with Crippen LogP contribution in [-0.4, -0.2) is 72.0 Å². The number of aromatic nitrogens is 2. The molecule has 2 N–H and O–H groups in total. The van der Waals surface area contributed by atoms with Crippen molar-refractivity contribution in [1.82, 2.24) is 14.9 Å². The van der Waals surface area contributed by atoms with Gasteiger partial charge in [0.2, 0.25) is 11.8 Å². The highest BCUT2D eigenvalue weighted by Gasteiger charge is 2.32. The molecule has 1 unspecified atom stereocenters. The predicted octanol–water partition coefficient (Wildman–Crippen LogP) is 2.92. The van der Waals surface area contributed by atoms with Gasteiger partial charge in [0.1, 0.15) is 18.5 Å². The molecule has 2 aliphatic heterocycles. The topological polar surface area (TPSA) is 117 Å². The highest BCUT2D eigenvalue weighted by Crippen LogP contribution is 2.29. The van der Waals surface area contributed by atoms with Gasteiger partial charge in [0, 0.05) is 24.5 Å². The molecule has 2 saturated heterocycles. The molecule has 1 aliphatic carbocycles. The fraction of sp³-hybridized carbons (Fsp3) is 0.692. The van der Waals surface area contributed by atoms with Gasteiger partial charge in [0.25, 0.3) is 0 Å². The Labute approximate surface area is 207 Å². The van der Waals surface area contributed by atoms with E-state index in [1.807, 2.05) is 6.92 Å². The number of likely N-dealkylation sites (N-methyl/N-ethyl adjacent to an activating group) is 1. The Balaban J connectivity index is 1.63. The number of carbonyl (C=O) groups excluding carboxylic acids is 2. The van der Waals surface area contributed by atoms with Crippen molar-refractivity contribution in [2.24, 2.45) is 11.7 Å². The fourth-order valence-corrected chi connectivity index (χ4v) is 5.05. The minimum atomic E-state index is -0.618. The number of ketones is 2. The zero-order valence-corrected chi connectivity index (χ0v) is 21.0. The number of nitrogens with zero attached hydrogens (tertiary/aromatic N) is 3. The van der Waals surface area contributed by atoms with Gasteiger partial charge in [0.15, 0.2) is 11.6 Å². The second-order valence-electron chi connectivity index (χ2n) is 9.83. The Morgan fingerprint density at radius 2 is 2.03 bits per heavy atom. The average Bonchev–Trinajstić information content (AvgIpc) is 3.52. The monoisotopic (exact) mass is 486 g/mol. The van der Waals surface area contributed by atoms with E-state index >= 15 is 0 Å². The molecular weight excluding hydrogens is 448 g/mol. The first kappa shape index (κ1) is 25.6. The number of nitrogens with two attached hydrogens (primary N) is 1. The first-order chi connectivity index (χ1) is 17.0. The maximum absolute atomic E-state index is 13.4. The number of hydrogen-bond donors (Lipinski definition) is 1. The van der Waals surface area contributed by atoms with Gasteiger partial charge in [0.05, 0.1) is 30.9 Å². The van der Waals surface area contributed by atoms with Crippen LogP contribution < -0.4 is 15.2 Å². The summed E-state index contributed by atoms with van der Waals surface area (Å²) in [5, 5.41) is 0. The molecule has 0 spiro atoms. The summed E-state index contributed by atoms with van der Waals surface area (Å²) in [5.41, 5.74) is 7.17. The Morgan fingerprint density at radius 3 is 2.71 bits per heavy atom. The number of Topliss-reactive ketones (excluding diaryl/α,β-unsaturated/α-hetero) is 2. The summed E-state index contributed by atoms with van der Waals surface area (Å²) in [4.78, 5) is 37.3. The molecule has 4 rings (SSSR count). The fourth-order valence-electron chi connectivity index (χ4n) is 5.05. The van der Waals surface area contributed by atoms with Gasteiger partial charge in [-0.25, -0.2) is 0 Å². The van der Waals surface area contributed by atoms with Crippen LogP contribution in [0.25, 0.3) is 5.70 Å². The van der Waals surface area contributed by atoms with Crippen molar-refractivity contribution in [3.63, 3.8) is 0 Å². The summed E-state index contributed by atoms with van der Waals surface area (Å²) in [6, 6.07) is 2.00. The quantitative estimate of drug-likeness (QED) is 0.393. The summed E-state index contributed by atoms with van der Waals surface area (Å²) >= 11 is 0. The van der Waals surface area contributed by atoms with Crippen LogP contribution in [-0.2, 0) is 14.3 Å². The molecule has 9 nitrogen and oxygen atoms in total. The van der Waals surface area contributed by atoms with Gasteiger partial charge in [-0.15, -0.1) is 0 Å². The molecule has 3 fully saturated rings. The lowest BCUT2D eigenvalue weighted by Crippen LogP contribution is -2.31. The maximum atomic E-state index is 13.4. The number of rotatable bonds is 10. The normalized spacial score (nSPS) is 26.0. The third-order valence-corrected chi connectivity index (χ3v) is 7.18. The van der Waals surface area contributed by atoms with Crippen molar-refractivity contribution in [3.8, 4) is 11.8 Å².